The number of nitrogens with zero attached hydrogens (tertiary/aromatic N) is 3. The Kier molecular flexibility index (Phi) is 3.84. The number of aryl methyl sites for hydroxylation is 1. The number of carbonyl (C=O) groups is 1. The number of aromatic nitrogens is 3. The van der Waals surface area contributed by atoms with E-state index in [0.29, 0.717) is 16.8 Å². The maximum Gasteiger partial charge on any atom is 0.401 e. The number of phenolic OH excluding ortho intramolecular Hbond substituents is 1. The summed E-state index contributed by atoms with van der Waals surface area (Å²) in [6.07, 6.45) is -3.55. The van der Waals surface area contributed by atoms with E-state index in [4.69, 9.17) is 11.5 Å². The van der Waals surface area contributed by atoms with Crippen LogP contribution in [-0.2, 0) is 5.41 Å². The summed E-state index contributed by atoms with van der Waals surface area (Å²) in [5.41, 5.74) is 11.0. The molecule has 0 saturated heterocycles. The van der Waals surface area contributed by atoms with Gasteiger partial charge in [-0.3, -0.25) is 9.36 Å². The number of primary amides is 1. The zero-order valence-corrected chi connectivity index (χ0v) is 15.6. The number of carbonyl (C=O) groups excluding carboxylic acids is 1. The number of nitrogen functional groups attached to an aromatic ring is 1. The molecule has 3 aromatic rings. The number of rotatable bonds is 3. The van der Waals surface area contributed by atoms with Crippen LogP contribution in [0.4, 0.5) is 19.0 Å². The van der Waals surface area contributed by atoms with Gasteiger partial charge in [-0.15, -0.1) is 0 Å². The number of amides is 1. The van der Waals surface area contributed by atoms with E-state index >= 15 is 0 Å². The number of alkyl halides is 3. The topological polar surface area (TPSA) is 120 Å². The normalized spacial score (nSPS) is 15.6. The van der Waals surface area contributed by atoms with Crippen molar-refractivity contribution in [3.63, 3.8) is 0 Å². The van der Waals surface area contributed by atoms with Gasteiger partial charge in [-0.25, -0.2) is 9.97 Å². The minimum Gasteiger partial charge on any atom is -0.508 e. The predicted octanol–water partition coefficient (Wildman–Crippen LogP) is 3.02. The van der Waals surface area contributed by atoms with Crippen LogP contribution in [0.15, 0.2) is 18.3 Å². The van der Waals surface area contributed by atoms with E-state index in [1.165, 1.54) is 10.6 Å². The molecule has 1 aliphatic carbocycles. The second kappa shape index (κ2) is 5.85. The number of hydrogen-bond donors (Lipinski definition) is 3. The molecule has 0 radical (unpaired) electrons. The number of benzene rings is 1. The van der Waals surface area contributed by atoms with E-state index in [-0.39, 0.29) is 46.8 Å². The fourth-order valence-corrected chi connectivity index (χ4v) is 3.73. The Morgan fingerprint density at radius 2 is 1.93 bits per heavy atom. The van der Waals surface area contributed by atoms with E-state index < -0.39 is 17.5 Å². The second-order valence-corrected chi connectivity index (χ2v) is 7.35. The Labute approximate surface area is 163 Å². The number of fused-ring (bicyclic) bond motifs is 1. The van der Waals surface area contributed by atoms with Gasteiger partial charge in [0.05, 0.1) is 16.6 Å². The molecule has 2 heterocycles. The van der Waals surface area contributed by atoms with Crippen LogP contribution >= 0.6 is 0 Å². The van der Waals surface area contributed by atoms with Gasteiger partial charge >= 0.3 is 6.18 Å². The molecular formula is C19H18F3N5O2. The van der Waals surface area contributed by atoms with Gasteiger partial charge < -0.3 is 16.6 Å². The third kappa shape index (κ3) is 2.55. The van der Waals surface area contributed by atoms with Gasteiger partial charge in [0, 0.05) is 11.8 Å². The highest BCUT2D eigenvalue weighted by molar-refractivity contribution is 6.10. The third-order valence-corrected chi connectivity index (χ3v) is 5.54. The number of aromatic hydroxyl groups is 1. The van der Waals surface area contributed by atoms with Crippen molar-refractivity contribution in [2.75, 3.05) is 5.73 Å². The summed E-state index contributed by atoms with van der Waals surface area (Å²) in [7, 11) is 0. The molecule has 1 aliphatic rings. The van der Waals surface area contributed by atoms with Crippen LogP contribution in [0.2, 0.25) is 0 Å². The van der Waals surface area contributed by atoms with Crippen molar-refractivity contribution < 1.29 is 23.1 Å². The van der Waals surface area contributed by atoms with Crippen LogP contribution in [0.1, 0.15) is 40.2 Å². The molecule has 1 fully saturated rings. The summed E-state index contributed by atoms with van der Waals surface area (Å²) in [6.45, 7) is 3.38. The summed E-state index contributed by atoms with van der Waals surface area (Å²) in [5, 5.41) is 10.3. The number of hydrogen-bond acceptors (Lipinski definition) is 5. The molecule has 4 rings (SSSR count). The first-order valence-electron chi connectivity index (χ1n) is 8.83. The molecule has 0 atom stereocenters. The first kappa shape index (κ1) is 19.0. The van der Waals surface area contributed by atoms with E-state index in [0.717, 1.165) is 6.20 Å². The predicted molar refractivity (Wildman–Crippen MR) is 99.9 cm³/mol. The number of nitrogens with two attached hydrogens (primary N) is 2. The zero-order chi connectivity index (χ0) is 21.3. The van der Waals surface area contributed by atoms with E-state index in [1.54, 1.807) is 19.9 Å². The molecule has 2 aromatic heterocycles. The molecular weight excluding hydrogens is 387 g/mol. The van der Waals surface area contributed by atoms with Gasteiger partial charge in [-0.2, -0.15) is 13.2 Å². The minimum atomic E-state index is -4.49. The monoisotopic (exact) mass is 405 g/mol. The first-order chi connectivity index (χ1) is 13.5. The van der Waals surface area contributed by atoms with Crippen LogP contribution in [0.3, 0.4) is 0 Å². The van der Waals surface area contributed by atoms with Crippen molar-refractivity contribution in [2.45, 2.75) is 38.3 Å². The van der Waals surface area contributed by atoms with Crippen LogP contribution in [0.5, 0.6) is 5.75 Å². The lowest BCUT2D eigenvalue weighted by Crippen LogP contribution is -2.30. The highest BCUT2D eigenvalue weighted by atomic mass is 19.4. The Hall–Kier alpha value is -3.30. The average Bonchev–Trinajstić information content (AvgIpc) is 3.39. The lowest BCUT2D eigenvalue weighted by atomic mass is 10.1. The fourth-order valence-electron chi connectivity index (χ4n) is 3.73. The van der Waals surface area contributed by atoms with Crippen molar-refractivity contribution in [3.8, 4) is 11.4 Å². The molecule has 1 saturated carbocycles. The molecule has 0 spiro atoms. The fraction of sp³-hybridized carbons (Fsp3) is 0.316. The van der Waals surface area contributed by atoms with Gasteiger partial charge in [0.25, 0.3) is 5.91 Å². The minimum absolute atomic E-state index is 0.0318. The smallest absolute Gasteiger partial charge is 0.401 e. The highest BCUT2D eigenvalue weighted by Gasteiger charge is 2.66. The van der Waals surface area contributed by atoms with Crippen LogP contribution < -0.4 is 11.5 Å². The lowest BCUT2D eigenvalue weighted by Gasteiger charge is -2.18. The molecule has 0 bridgehead atoms. The number of phenols is 1. The lowest BCUT2D eigenvalue weighted by molar-refractivity contribution is -0.162. The molecule has 1 amide bonds. The van der Waals surface area contributed by atoms with Crippen molar-refractivity contribution in [3.05, 3.63) is 40.8 Å². The van der Waals surface area contributed by atoms with Crippen molar-refractivity contribution >= 4 is 22.8 Å². The summed E-state index contributed by atoms with van der Waals surface area (Å²) in [4.78, 5) is 20.1. The molecule has 0 aliphatic heterocycles. The van der Waals surface area contributed by atoms with Crippen LogP contribution in [-0.4, -0.2) is 31.7 Å². The van der Waals surface area contributed by atoms with E-state index in [1.807, 2.05) is 0 Å². The zero-order valence-electron chi connectivity index (χ0n) is 15.6. The molecule has 0 unspecified atom stereocenters. The van der Waals surface area contributed by atoms with Crippen molar-refractivity contribution in [1.82, 2.24) is 14.5 Å². The summed E-state index contributed by atoms with van der Waals surface area (Å²) in [6, 6.07) is 3.13. The maximum absolute atomic E-state index is 13.6. The Morgan fingerprint density at radius 1 is 1.28 bits per heavy atom. The van der Waals surface area contributed by atoms with E-state index in [2.05, 4.69) is 9.97 Å². The van der Waals surface area contributed by atoms with Crippen LogP contribution in [0, 0.1) is 13.8 Å². The van der Waals surface area contributed by atoms with Gasteiger partial charge in [-0.1, -0.05) is 6.07 Å². The third-order valence-electron chi connectivity index (χ3n) is 5.54. The summed E-state index contributed by atoms with van der Waals surface area (Å²) < 4.78 is 42.1. The first-order valence-corrected chi connectivity index (χ1v) is 8.83. The number of halogens is 3. The van der Waals surface area contributed by atoms with Crippen molar-refractivity contribution in [2.24, 2.45) is 5.73 Å². The van der Waals surface area contributed by atoms with Gasteiger partial charge in [0.2, 0.25) is 0 Å². The summed E-state index contributed by atoms with van der Waals surface area (Å²) in [5.74, 6) is -1.33. The Morgan fingerprint density at radius 3 is 2.48 bits per heavy atom. The molecule has 10 heteroatoms. The summed E-state index contributed by atoms with van der Waals surface area (Å²) >= 11 is 0. The Bertz CT molecular complexity index is 1180. The second-order valence-electron chi connectivity index (χ2n) is 7.35. The molecule has 29 heavy (non-hydrogen) atoms. The van der Waals surface area contributed by atoms with Gasteiger partial charge in [0.1, 0.15) is 22.8 Å². The standard InChI is InChI=1S/C19H18F3N5O2/c1-8-3-4-11(28)9(2)13(8)27-14(23)12(15(24)29)10-7-25-17(26-16(10)27)18(5-6-18)19(20,21)22/h3-4,7,28H,5-6,23H2,1-2H3,(H2,24,29). The van der Waals surface area contributed by atoms with Crippen molar-refractivity contribution in [1.29, 1.82) is 0 Å². The quantitative estimate of drug-likeness (QED) is 0.619. The molecule has 1 aromatic carbocycles. The van der Waals surface area contributed by atoms with Gasteiger partial charge in [-0.05, 0) is 38.3 Å². The maximum atomic E-state index is 13.6. The van der Waals surface area contributed by atoms with E-state index in [9.17, 15) is 23.1 Å². The Balaban J connectivity index is 2.10. The largest absolute Gasteiger partial charge is 0.508 e. The molecule has 5 N–H and O–H groups in total. The van der Waals surface area contributed by atoms with Crippen LogP contribution in [0.25, 0.3) is 16.7 Å². The average molecular weight is 405 g/mol. The molecule has 152 valence electrons. The SMILES string of the molecule is Cc1ccc(O)c(C)c1-n1c(N)c(C(N)=O)c2cnc(C3(C(F)(F)F)CC3)nc21. The van der Waals surface area contributed by atoms with Gasteiger partial charge in [0.15, 0.2) is 5.65 Å². The number of anilines is 1. The molecule has 7 nitrogen and oxygen atoms in total. The highest BCUT2D eigenvalue weighted by Crippen LogP contribution is 2.58.